The third-order valence-electron chi connectivity index (χ3n) is 5.85. The fourth-order valence-electron chi connectivity index (χ4n) is 4.27. The van der Waals surface area contributed by atoms with Crippen molar-refractivity contribution in [2.75, 3.05) is 24.5 Å². The maximum atomic E-state index is 13.1. The Hall–Kier alpha value is -3.35. The summed E-state index contributed by atoms with van der Waals surface area (Å²) in [6.45, 7) is 2.52. The summed E-state index contributed by atoms with van der Waals surface area (Å²) in [6, 6.07) is 17.9. The molecule has 0 radical (unpaired) electrons. The van der Waals surface area contributed by atoms with Gasteiger partial charge in [0, 0.05) is 19.5 Å². The molecule has 0 bridgehead atoms. The Balaban J connectivity index is 1.32. The molecule has 3 heterocycles. The Kier molecular flexibility index (Phi) is 5.56. The number of hydrogen-bond acceptors (Lipinski definition) is 6. The largest absolute Gasteiger partial charge is 0.477 e. The molecule has 0 saturated carbocycles. The average molecular weight is 418 g/mol. The second kappa shape index (κ2) is 8.79. The Labute approximate surface area is 181 Å². The molecule has 1 saturated heterocycles. The van der Waals surface area contributed by atoms with E-state index in [4.69, 9.17) is 9.26 Å². The summed E-state index contributed by atoms with van der Waals surface area (Å²) in [6.07, 6.45) is 3.41. The number of piperidine rings is 1. The number of rotatable bonds is 5. The van der Waals surface area contributed by atoms with Gasteiger partial charge in [-0.2, -0.15) is 4.98 Å². The van der Waals surface area contributed by atoms with Crippen molar-refractivity contribution in [3.8, 4) is 5.75 Å². The van der Waals surface area contributed by atoms with Crippen LogP contribution in [-0.2, 0) is 17.8 Å². The number of amides is 1. The molecule has 3 aromatic rings. The van der Waals surface area contributed by atoms with Crippen LogP contribution in [0.5, 0.6) is 5.75 Å². The summed E-state index contributed by atoms with van der Waals surface area (Å²) in [5.41, 5.74) is 2.08. The Morgan fingerprint density at radius 3 is 2.61 bits per heavy atom. The molecule has 31 heavy (non-hydrogen) atoms. The molecule has 0 aliphatic carbocycles. The van der Waals surface area contributed by atoms with Gasteiger partial charge in [0.2, 0.25) is 5.89 Å². The van der Waals surface area contributed by atoms with Crippen molar-refractivity contribution in [2.45, 2.75) is 38.3 Å². The molecule has 2 aliphatic heterocycles. The second-order valence-electron chi connectivity index (χ2n) is 8.11. The average Bonchev–Trinajstić information content (AvgIpc) is 3.26. The number of aromatic nitrogens is 2. The molecular formula is C24H26N4O3. The summed E-state index contributed by atoms with van der Waals surface area (Å²) >= 11 is 0. The van der Waals surface area contributed by atoms with Gasteiger partial charge in [-0.25, -0.2) is 0 Å². The van der Waals surface area contributed by atoms with Gasteiger partial charge in [-0.05, 0) is 37.0 Å². The minimum Gasteiger partial charge on any atom is -0.477 e. The van der Waals surface area contributed by atoms with Crippen LogP contribution in [0.15, 0.2) is 59.1 Å². The van der Waals surface area contributed by atoms with Gasteiger partial charge in [-0.3, -0.25) is 4.79 Å². The number of likely N-dealkylation sites (tertiary alicyclic amines) is 1. The molecule has 0 N–H and O–H groups in total. The topological polar surface area (TPSA) is 71.7 Å². The van der Waals surface area contributed by atoms with E-state index >= 15 is 0 Å². The van der Waals surface area contributed by atoms with Crippen molar-refractivity contribution in [2.24, 2.45) is 0 Å². The van der Waals surface area contributed by atoms with Crippen molar-refractivity contribution in [1.29, 1.82) is 0 Å². The van der Waals surface area contributed by atoms with Crippen LogP contribution in [0.25, 0.3) is 0 Å². The summed E-state index contributed by atoms with van der Waals surface area (Å²) in [7, 11) is 0. The highest BCUT2D eigenvalue weighted by Crippen LogP contribution is 2.34. The van der Waals surface area contributed by atoms with Crippen LogP contribution in [0.1, 0.15) is 36.5 Å². The van der Waals surface area contributed by atoms with Crippen LogP contribution in [0.2, 0.25) is 0 Å². The standard InChI is InChI=1S/C24H26N4O3/c29-24(27-13-7-2-8-14-27)21-16-28(19-11-5-6-12-20(19)30-21)17-23-25-22(26-31-23)15-18-9-3-1-4-10-18/h1,3-6,9-12,21H,2,7-8,13-17H2. The van der Waals surface area contributed by atoms with Crippen molar-refractivity contribution in [3.05, 3.63) is 71.9 Å². The number of ether oxygens (including phenoxy) is 1. The number of carbonyl (C=O) groups is 1. The van der Waals surface area contributed by atoms with Gasteiger partial charge in [0.05, 0.1) is 18.8 Å². The lowest BCUT2D eigenvalue weighted by molar-refractivity contribution is -0.139. The lowest BCUT2D eigenvalue weighted by Gasteiger charge is -2.37. The van der Waals surface area contributed by atoms with E-state index in [1.807, 2.05) is 59.5 Å². The Bertz CT molecular complexity index is 1030. The lowest BCUT2D eigenvalue weighted by Crippen LogP contribution is -2.51. The molecule has 0 spiro atoms. The van der Waals surface area contributed by atoms with E-state index in [1.54, 1.807) is 0 Å². The quantitative estimate of drug-likeness (QED) is 0.632. The molecule has 1 atom stereocenters. The van der Waals surface area contributed by atoms with E-state index in [1.165, 1.54) is 6.42 Å². The van der Waals surface area contributed by atoms with E-state index < -0.39 is 6.10 Å². The van der Waals surface area contributed by atoms with E-state index in [2.05, 4.69) is 15.0 Å². The van der Waals surface area contributed by atoms with Crippen LogP contribution >= 0.6 is 0 Å². The third kappa shape index (κ3) is 4.40. The predicted molar refractivity (Wildman–Crippen MR) is 116 cm³/mol. The number of carbonyl (C=O) groups excluding carboxylic acids is 1. The van der Waals surface area contributed by atoms with E-state index in [-0.39, 0.29) is 5.91 Å². The summed E-state index contributed by atoms with van der Waals surface area (Å²) < 4.78 is 11.6. The molecule has 1 aromatic heterocycles. The van der Waals surface area contributed by atoms with Crippen LogP contribution < -0.4 is 9.64 Å². The first-order chi connectivity index (χ1) is 15.3. The maximum absolute atomic E-state index is 13.1. The van der Waals surface area contributed by atoms with E-state index in [9.17, 15) is 4.79 Å². The minimum atomic E-state index is -0.528. The fourth-order valence-corrected chi connectivity index (χ4v) is 4.27. The summed E-state index contributed by atoms with van der Waals surface area (Å²) in [5, 5.41) is 4.14. The van der Waals surface area contributed by atoms with Crippen molar-refractivity contribution >= 4 is 11.6 Å². The SMILES string of the molecule is O=C(C1CN(Cc2nc(Cc3ccccc3)no2)c2ccccc2O1)N1CCCCC1. The van der Waals surface area contributed by atoms with Gasteiger partial charge in [0.1, 0.15) is 5.75 Å². The minimum absolute atomic E-state index is 0.0644. The molecule has 2 aromatic carbocycles. The first-order valence-electron chi connectivity index (χ1n) is 10.9. The molecule has 7 nitrogen and oxygen atoms in total. The van der Waals surface area contributed by atoms with Crippen LogP contribution in [0.4, 0.5) is 5.69 Å². The van der Waals surface area contributed by atoms with Crippen LogP contribution in [0, 0.1) is 0 Å². The molecular weight excluding hydrogens is 392 g/mol. The van der Waals surface area contributed by atoms with Crippen LogP contribution in [-0.4, -0.2) is 46.7 Å². The maximum Gasteiger partial charge on any atom is 0.265 e. The van der Waals surface area contributed by atoms with Crippen molar-refractivity contribution in [1.82, 2.24) is 15.0 Å². The molecule has 1 fully saturated rings. The molecule has 5 rings (SSSR count). The van der Waals surface area contributed by atoms with Gasteiger partial charge < -0.3 is 19.1 Å². The highest BCUT2D eigenvalue weighted by molar-refractivity contribution is 5.83. The normalized spacial score (nSPS) is 18.4. The fraction of sp³-hybridized carbons (Fsp3) is 0.375. The highest BCUT2D eigenvalue weighted by atomic mass is 16.5. The van der Waals surface area contributed by atoms with Gasteiger partial charge in [0.25, 0.3) is 5.91 Å². The second-order valence-corrected chi connectivity index (χ2v) is 8.11. The van der Waals surface area contributed by atoms with Gasteiger partial charge in [-0.15, -0.1) is 0 Å². The number of para-hydroxylation sites is 2. The van der Waals surface area contributed by atoms with Gasteiger partial charge in [-0.1, -0.05) is 47.6 Å². The zero-order valence-electron chi connectivity index (χ0n) is 17.4. The van der Waals surface area contributed by atoms with Crippen molar-refractivity contribution in [3.63, 3.8) is 0 Å². The molecule has 160 valence electrons. The highest BCUT2D eigenvalue weighted by Gasteiger charge is 2.34. The predicted octanol–water partition coefficient (Wildman–Crippen LogP) is 3.44. The van der Waals surface area contributed by atoms with E-state index in [0.29, 0.717) is 37.0 Å². The third-order valence-corrected chi connectivity index (χ3v) is 5.85. The van der Waals surface area contributed by atoms with Gasteiger partial charge in [0.15, 0.2) is 11.9 Å². The first-order valence-corrected chi connectivity index (χ1v) is 10.9. The summed E-state index contributed by atoms with van der Waals surface area (Å²) in [5.74, 6) is 1.97. The smallest absolute Gasteiger partial charge is 0.265 e. The van der Waals surface area contributed by atoms with Crippen molar-refractivity contribution < 1.29 is 14.1 Å². The number of fused-ring (bicyclic) bond motifs is 1. The zero-order valence-corrected chi connectivity index (χ0v) is 17.4. The van der Waals surface area contributed by atoms with Gasteiger partial charge >= 0.3 is 0 Å². The van der Waals surface area contributed by atoms with Crippen LogP contribution in [0.3, 0.4) is 0 Å². The molecule has 2 aliphatic rings. The number of nitrogens with zero attached hydrogens (tertiary/aromatic N) is 4. The summed E-state index contributed by atoms with van der Waals surface area (Å²) in [4.78, 5) is 21.7. The lowest BCUT2D eigenvalue weighted by atomic mass is 10.1. The Morgan fingerprint density at radius 2 is 1.77 bits per heavy atom. The molecule has 1 unspecified atom stereocenters. The van der Waals surface area contributed by atoms with E-state index in [0.717, 1.165) is 37.2 Å². The first kappa shape index (κ1) is 19.6. The molecule has 1 amide bonds. The number of hydrogen-bond donors (Lipinski definition) is 0. The monoisotopic (exact) mass is 418 g/mol. The zero-order chi connectivity index (χ0) is 21.0. The number of benzene rings is 2. The molecule has 7 heteroatoms. The Morgan fingerprint density at radius 1 is 1.00 bits per heavy atom. The number of anilines is 1.